The van der Waals surface area contributed by atoms with Crippen LogP contribution in [0, 0.1) is 0 Å². The molecule has 3 nitrogen and oxygen atoms in total. The second-order valence-electron chi connectivity index (χ2n) is 5.79. The van der Waals surface area contributed by atoms with Gasteiger partial charge in [0, 0.05) is 35.3 Å². The Bertz CT molecular complexity index is 472. The van der Waals surface area contributed by atoms with E-state index < -0.39 is 0 Å². The van der Waals surface area contributed by atoms with Crippen molar-refractivity contribution in [3.8, 4) is 5.75 Å². The van der Waals surface area contributed by atoms with Crippen LogP contribution < -0.4 is 10.1 Å². The third kappa shape index (κ3) is 2.87. The van der Waals surface area contributed by atoms with Gasteiger partial charge in [-0.15, -0.1) is 0 Å². The number of benzene rings is 1. The molecule has 1 fully saturated rings. The van der Waals surface area contributed by atoms with Crippen LogP contribution >= 0.6 is 15.9 Å². The van der Waals surface area contributed by atoms with Crippen LogP contribution in [0.15, 0.2) is 22.7 Å². The van der Waals surface area contributed by atoms with Gasteiger partial charge in [-0.05, 0) is 31.2 Å². The average Bonchev–Trinajstić information content (AvgIpc) is 2.46. The van der Waals surface area contributed by atoms with Crippen LogP contribution in [-0.4, -0.2) is 25.4 Å². The Morgan fingerprint density at radius 2 is 2.15 bits per heavy atom. The fourth-order valence-corrected chi connectivity index (χ4v) is 3.57. The molecule has 0 aliphatic carbocycles. The lowest BCUT2D eigenvalue weighted by molar-refractivity contribution is -0.0645. The molecule has 4 heteroatoms. The van der Waals surface area contributed by atoms with Crippen molar-refractivity contribution in [1.29, 1.82) is 0 Å². The number of ether oxygens (including phenoxy) is 2. The van der Waals surface area contributed by atoms with E-state index in [1.165, 1.54) is 5.56 Å². The molecule has 2 aliphatic rings. The van der Waals surface area contributed by atoms with Gasteiger partial charge in [-0.1, -0.05) is 22.9 Å². The molecule has 2 heterocycles. The standard InChI is InChI=1S/C16H22BrNO2/c1-2-7-18-14-11-16(5-8-19-9-6-16)20-15-4-3-12(17)10-13(14)15/h3-4,10,14,18H,2,5-9,11H2,1H3. The summed E-state index contributed by atoms with van der Waals surface area (Å²) in [6.07, 6.45) is 4.18. The number of rotatable bonds is 3. The largest absolute Gasteiger partial charge is 0.487 e. The van der Waals surface area contributed by atoms with Crippen LogP contribution in [-0.2, 0) is 4.74 Å². The topological polar surface area (TPSA) is 30.5 Å². The quantitative estimate of drug-likeness (QED) is 0.907. The number of hydrogen-bond acceptors (Lipinski definition) is 3. The summed E-state index contributed by atoms with van der Waals surface area (Å²) in [4.78, 5) is 0. The van der Waals surface area contributed by atoms with Gasteiger partial charge >= 0.3 is 0 Å². The first-order valence-corrected chi connectivity index (χ1v) is 8.31. The van der Waals surface area contributed by atoms with E-state index in [2.05, 4.69) is 46.4 Å². The highest BCUT2D eigenvalue weighted by Gasteiger charge is 2.42. The zero-order valence-electron chi connectivity index (χ0n) is 12.0. The van der Waals surface area contributed by atoms with Crippen LogP contribution in [0.5, 0.6) is 5.75 Å². The molecule has 1 unspecified atom stereocenters. The lowest BCUT2D eigenvalue weighted by atomic mass is 9.82. The zero-order chi connectivity index (χ0) is 14.0. The smallest absolute Gasteiger partial charge is 0.125 e. The van der Waals surface area contributed by atoms with Crippen LogP contribution in [0.25, 0.3) is 0 Å². The lowest BCUT2D eigenvalue weighted by Crippen LogP contribution is -2.48. The predicted molar refractivity (Wildman–Crippen MR) is 83.2 cm³/mol. The highest BCUT2D eigenvalue weighted by Crippen LogP contribution is 2.44. The van der Waals surface area contributed by atoms with Gasteiger partial charge in [-0.3, -0.25) is 0 Å². The molecule has 1 N–H and O–H groups in total. The van der Waals surface area contributed by atoms with Gasteiger partial charge in [0.2, 0.25) is 0 Å². The molecule has 0 saturated carbocycles. The van der Waals surface area contributed by atoms with Crippen LogP contribution in [0.2, 0.25) is 0 Å². The summed E-state index contributed by atoms with van der Waals surface area (Å²) < 4.78 is 13.0. The summed E-state index contributed by atoms with van der Waals surface area (Å²) in [5.74, 6) is 1.04. The SMILES string of the molecule is CCCNC1CC2(CCOCC2)Oc2ccc(Br)cc21. The van der Waals surface area contributed by atoms with E-state index in [1.54, 1.807) is 0 Å². The van der Waals surface area contributed by atoms with Gasteiger partial charge in [0.15, 0.2) is 0 Å². The Morgan fingerprint density at radius 1 is 1.35 bits per heavy atom. The first-order valence-electron chi connectivity index (χ1n) is 7.52. The van der Waals surface area contributed by atoms with Gasteiger partial charge in [0.05, 0.1) is 13.2 Å². The minimum absolute atomic E-state index is 0.0372. The van der Waals surface area contributed by atoms with Crippen LogP contribution in [0.4, 0.5) is 0 Å². The maximum Gasteiger partial charge on any atom is 0.125 e. The zero-order valence-corrected chi connectivity index (χ0v) is 13.5. The van der Waals surface area contributed by atoms with Crippen LogP contribution in [0.1, 0.15) is 44.2 Å². The lowest BCUT2D eigenvalue weighted by Gasteiger charge is -2.44. The minimum atomic E-state index is -0.0372. The average molecular weight is 340 g/mol. The molecule has 110 valence electrons. The van der Waals surface area contributed by atoms with E-state index >= 15 is 0 Å². The summed E-state index contributed by atoms with van der Waals surface area (Å²) in [5.41, 5.74) is 1.25. The summed E-state index contributed by atoms with van der Waals surface area (Å²) in [5, 5.41) is 3.68. The fourth-order valence-electron chi connectivity index (χ4n) is 3.19. The number of fused-ring (bicyclic) bond motifs is 1. The molecule has 1 saturated heterocycles. The molecule has 0 amide bonds. The second kappa shape index (κ2) is 6.04. The van der Waals surface area contributed by atoms with E-state index in [-0.39, 0.29) is 5.60 Å². The maximum absolute atomic E-state index is 6.38. The molecule has 3 rings (SSSR count). The third-order valence-electron chi connectivity index (χ3n) is 4.29. The Hall–Kier alpha value is -0.580. The van der Waals surface area contributed by atoms with E-state index in [9.17, 15) is 0 Å². The predicted octanol–water partition coefficient (Wildman–Crippen LogP) is 3.82. The molecule has 1 aromatic carbocycles. The normalized spacial score (nSPS) is 24.2. The highest BCUT2D eigenvalue weighted by molar-refractivity contribution is 9.10. The monoisotopic (exact) mass is 339 g/mol. The van der Waals surface area contributed by atoms with E-state index in [0.29, 0.717) is 6.04 Å². The maximum atomic E-state index is 6.38. The number of hydrogen-bond donors (Lipinski definition) is 1. The van der Waals surface area contributed by atoms with Crippen molar-refractivity contribution >= 4 is 15.9 Å². The summed E-state index contributed by atoms with van der Waals surface area (Å²) in [6, 6.07) is 6.73. The van der Waals surface area contributed by atoms with Crippen molar-refractivity contribution < 1.29 is 9.47 Å². The van der Waals surface area contributed by atoms with Gasteiger partial charge < -0.3 is 14.8 Å². The minimum Gasteiger partial charge on any atom is -0.487 e. The highest BCUT2D eigenvalue weighted by atomic mass is 79.9. The molecule has 1 aromatic rings. The number of halogens is 1. The molecule has 0 bridgehead atoms. The van der Waals surface area contributed by atoms with E-state index in [4.69, 9.17) is 9.47 Å². The van der Waals surface area contributed by atoms with Gasteiger partial charge in [-0.25, -0.2) is 0 Å². The van der Waals surface area contributed by atoms with Crippen molar-refractivity contribution in [2.75, 3.05) is 19.8 Å². The van der Waals surface area contributed by atoms with Gasteiger partial charge in [0.1, 0.15) is 11.4 Å². The van der Waals surface area contributed by atoms with Crippen molar-refractivity contribution in [1.82, 2.24) is 5.32 Å². The van der Waals surface area contributed by atoms with Crippen molar-refractivity contribution in [3.63, 3.8) is 0 Å². The van der Waals surface area contributed by atoms with E-state index in [1.807, 2.05) is 0 Å². The summed E-state index contributed by atoms with van der Waals surface area (Å²) in [7, 11) is 0. The molecule has 2 aliphatic heterocycles. The van der Waals surface area contributed by atoms with Crippen LogP contribution in [0.3, 0.4) is 0 Å². The first kappa shape index (κ1) is 14.4. The summed E-state index contributed by atoms with van der Waals surface area (Å²) in [6.45, 7) is 4.88. The first-order chi connectivity index (χ1) is 9.72. The van der Waals surface area contributed by atoms with Crippen molar-refractivity contribution in [2.24, 2.45) is 0 Å². The summed E-state index contributed by atoms with van der Waals surface area (Å²) >= 11 is 3.57. The van der Waals surface area contributed by atoms with Crippen molar-refractivity contribution in [2.45, 2.75) is 44.2 Å². The molecule has 1 spiro atoms. The molecule has 20 heavy (non-hydrogen) atoms. The Kier molecular flexibility index (Phi) is 4.34. The Balaban J connectivity index is 1.90. The molecular weight excluding hydrogens is 318 g/mol. The number of nitrogens with one attached hydrogen (secondary N) is 1. The molecule has 1 atom stereocenters. The van der Waals surface area contributed by atoms with Crippen molar-refractivity contribution in [3.05, 3.63) is 28.2 Å². The van der Waals surface area contributed by atoms with Gasteiger partial charge in [0.25, 0.3) is 0 Å². The third-order valence-corrected chi connectivity index (χ3v) is 4.79. The molecule has 0 radical (unpaired) electrons. The second-order valence-corrected chi connectivity index (χ2v) is 6.71. The fraction of sp³-hybridized carbons (Fsp3) is 0.625. The van der Waals surface area contributed by atoms with Gasteiger partial charge in [-0.2, -0.15) is 0 Å². The molecular formula is C16H22BrNO2. The van der Waals surface area contributed by atoms with E-state index in [0.717, 1.165) is 55.7 Å². The Morgan fingerprint density at radius 3 is 2.90 bits per heavy atom. The Labute approximate surface area is 129 Å². The molecule has 0 aromatic heterocycles.